The van der Waals surface area contributed by atoms with Gasteiger partial charge in [0.1, 0.15) is 6.20 Å². The van der Waals surface area contributed by atoms with Gasteiger partial charge in [0, 0.05) is 76.4 Å². The zero-order chi connectivity index (χ0) is 43.9. The quantitative estimate of drug-likeness (QED) is 0.0992. The molecule has 0 spiro atoms. The smallest absolute Gasteiger partial charge is 0.320 e. The summed E-state index contributed by atoms with van der Waals surface area (Å²) in [5.74, 6) is 0.555. The van der Waals surface area contributed by atoms with Crippen LogP contribution in [0.3, 0.4) is 0 Å². The Kier molecular flexibility index (Phi) is 28.3. The third-order valence-electron chi connectivity index (χ3n) is 6.74. The molecule has 0 atom stereocenters. The Bertz CT molecular complexity index is 1970. The van der Waals surface area contributed by atoms with Gasteiger partial charge in [0.15, 0.2) is 17.3 Å². The predicted octanol–water partition coefficient (Wildman–Crippen LogP) is 10.9. The van der Waals surface area contributed by atoms with Gasteiger partial charge in [-0.05, 0) is 99.0 Å². The van der Waals surface area contributed by atoms with Crippen molar-refractivity contribution in [3.63, 3.8) is 0 Å². The van der Waals surface area contributed by atoms with Gasteiger partial charge < -0.3 is 30.0 Å². The van der Waals surface area contributed by atoms with E-state index in [9.17, 15) is 14.4 Å². The normalized spacial score (nSPS) is 10.8. The first-order chi connectivity index (χ1) is 26.4. The second-order valence-electron chi connectivity index (χ2n) is 14.4. The number of rotatable bonds is 5. The second-order valence-corrected chi connectivity index (χ2v) is 14.4. The van der Waals surface area contributed by atoms with Crippen LogP contribution in [0.25, 0.3) is 32.2 Å². The summed E-state index contributed by atoms with van der Waals surface area (Å²) >= 11 is 0. The van der Waals surface area contributed by atoms with E-state index in [2.05, 4.69) is 77.2 Å². The molecular formula is C45H53Ir2N6O6-. The van der Waals surface area contributed by atoms with Crippen molar-refractivity contribution in [1.82, 2.24) is 19.9 Å². The van der Waals surface area contributed by atoms with Gasteiger partial charge in [-0.15, -0.1) is 22.1 Å². The number of pyridine rings is 4. The Balaban J connectivity index is -0.000000713. The summed E-state index contributed by atoms with van der Waals surface area (Å²) in [5, 5.41) is 25.1. The summed E-state index contributed by atoms with van der Waals surface area (Å²) in [6.07, 6.45) is 10.3. The van der Waals surface area contributed by atoms with Gasteiger partial charge in [-0.25, -0.2) is 0 Å². The fraction of sp³-hybridized carbons (Fsp3) is 0.311. The minimum absolute atomic E-state index is 0. The van der Waals surface area contributed by atoms with Crippen molar-refractivity contribution in [3.05, 3.63) is 143 Å². The van der Waals surface area contributed by atoms with E-state index in [1.807, 2.05) is 36.4 Å². The second kappa shape index (κ2) is 28.8. The first kappa shape index (κ1) is 57.8. The molecule has 0 bridgehead atoms. The molecule has 4 rings (SSSR count). The van der Waals surface area contributed by atoms with Crippen LogP contribution in [-0.4, -0.2) is 52.6 Å². The molecule has 12 nitrogen and oxygen atoms in total. The topological polar surface area (TPSA) is 172 Å². The fourth-order valence-electron chi connectivity index (χ4n) is 4.28. The first-order valence-electron chi connectivity index (χ1n) is 17.6. The molecule has 0 aromatic carbocycles. The zero-order valence-electron chi connectivity index (χ0n) is 35.5. The molecule has 0 aliphatic rings. The molecule has 0 aliphatic carbocycles. The van der Waals surface area contributed by atoms with Crippen molar-refractivity contribution in [1.29, 1.82) is 0 Å². The van der Waals surface area contributed by atoms with Crippen LogP contribution in [0.1, 0.15) is 94.2 Å². The molecule has 0 saturated carbocycles. The van der Waals surface area contributed by atoms with Gasteiger partial charge in [-0.1, -0.05) is 66.8 Å². The van der Waals surface area contributed by atoms with Gasteiger partial charge in [0.25, 0.3) is 5.82 Å². The summed E-state index contributed by atoms with van der Waals surface area (Å²) in [5.41, 5.74) is 5.52. The average molecular weight is 1160 g/mol. The number of allylic oxidation sites excluding steroid dienone is 6. The minimum Gasteiger partial charge on any atom is -0.512 e. The van der Waals surface area contributed by atoms with Crippen LogP contribution in [0.5, 0.6) is 0 Å². The van der Waals surface area contributed by atoms with Gasteiger partial charge in [0.2, 0.25) is 0 Å². The largest absolute Gasteiger partial charge is 0.512 e. The minimum atomic E-state index is -0.125. The third kappa shape index (κ3) is 25.5. The van der Waals surface area contributed by atoms with Gasteiger partial charge in [0.05, 0.1) is 29.2 Å². The monoisotopic (exact) mass is 1160 g/mol. The van der Waals surface area contributed by atoms with Crippen LogP contribution in [0.15, 0.2) is 103 Å². The number of carbonyl (C=O) groups is 3. The van der Waals surface area contributed by atoms with E-state index < -0.39 is 0 Å². The molecule has 0 aliphatic heterocycles. The number of nitrogens with zero attached hydrogens (tertiary/aromatic N) is 6. The van der Waals surface area contributed by atoms with E-state index in [-0.39, 0.29) is 85.7 Å². The van der Waals surface area contributed by atoms with Crippen LogP contribution in [-0.2, 0) is 65.4 Å². The maximum Gasteiger partial charge on any atom is 0.320 e. The van der Waals surface area contributed by atoms with E-state index in [1.165, 1.54) is 70.9 Å². The van der Waals surface area contributed by atoms with E-state index in [4.69, 9.17) is 28.5 Å². The van der Waals surface area contributed by atoms with Crippen LogP contribution in [0.2, 0.25) is 0 Å². The number of aromatic nitrogens is 4. The van der Waals surface area contributed by atoms with Crippen molar-refractivity contribution in [3.8, 4) is 22.5 Å². The van der Waals surface area contributed by atoms with Crippen molar-refractivity contribution in [2.45, 2.75) is 93.9 Å². The molecule has 4 aromatic rings. The maximum atomic E-state index is 10.0. The molecule has 0 fully saturated rings. The molecule has 4 heterocycles. The molecule has 2 radical (unpaired) electrons. The van der Waals surface area contributed by atoms with Crippen LogP contribution >= 0.6 is 0 Å². The maximum absolute atomic E-state index is 10.0. The average Bonchev–Trinajstić information content (AvgIpc) is 3.10. The first-order valence-corrected chi connectivity index (χ1v) is 17.6. The number of hydrogen-bond donors (Lipinski definition) is 3. The van der Waals surface area contributed by atoms with Crippen molar-refractivity contribution in [2.75, 3.05) is 0 Å². The predicted molar refractivity (Wildman–Crippen MR) is 225 cm³/mol. The molecule has 3 N–H and O–H groups in total. The summed E-state index contributed by atoms with van der Waals surface area (Å²) in [4.78, 5) is 53.7. The van der Waals surface area contributed by atoms with Crippen LogP contribution in [0, 0.1) is 19.2 Å². The van der Waals surface area contributed by atoms with Gasteiger partial charge in [-0.2, -0.15) is 0 Å². The zero-order valence-corrected chi connectivity index (χ0v) is 40.3. The third-order valence-corrected chi connectivity index (χ3v) is 6.74. The summed E-state index contributed by atoms with van der Waals surface area (Å²) in [7, 11) is 0. The molecule has 0 saturated heterocycles. The SMILES string of the molecule is CC(=O)C=C(C)O.CC(=O)C=C(C)O.CC(=O)C=C(C)O.[C-]#[N+]c1ncc[c-]c1-c1cc(C(C)(C)C)ccn1.[C-]#[N+]c1ncccc1-c1cc(C(C)(C)C)ccn1.[Ir].[Ir]. The van der Waals surface area contributed by atoms with Crippen molar-refractivity contribution >= 4 is 29.0 Å². The number of carbonyl (C=O) groups excluding carboxylic acids is 3. The molecule has 0 amide bonds. The Hall–Kier alpha value is -5.49. The molecule has 59 heavy (non-hydrogen) atoms. The van der Waals surface area contributed by atoms with E-state index in [0.29, 0.717) is 17.2 Å². The molecule has 4 aromatic heterocycles. The Morgan fingerprint density at radius 2 is 0.983 bits per heavy atom. The standard InChI is InChI=1S/C15H15N3.C15H14N3.3C5H8O2.2Ir/c2*1-15(2,3)11-7-9-17-13(10-11)12-6-5-8-18-14(12)16-4;3*1-4(6)3-5(2)7;;/h5-10H,1-3H3;5,7-10H,1-3H3;3*3,6H,1-2H3;;/q;-1;;;;;. The van der Waals surface area contributed by atoms with Gasteiger partial charge >= 0.3 is 5.82 Å². The Morgan fingerprint density at radius 1 is 0.593 bits per heavy atom. The summed E-state index contributed by atoms with van der Waals surface area (Å²) in [6, 6.07) is 16.5. The Morgan fingerprint density at radius 3 is 1.34 bits per heavy atom. The number of aliphatic hydroxyl groups excluding tert-OH is 3. The molecule has 0 unspecified atom stereocenters. The Labute approximate surface area is 376 Å². The number of aliphatic hydroxyl groups is 3. The molecule has 318 valence electrons. The van der Waals surface area contributed by atoms with Crippen LogP contribution < -0.4 is 0 Å². The van der Waals surface area contributed by atoms with Crippen LogP contribution in [0.4, 0.5) is 11.6 Å². The van der Waals surface area contributed by atoms with Crippen molar-refractivity contribution in [2.24, 2.45) is 0 Å². The number of hydrogen-bond acceptors (Lipinski definition) is 10. The van der Waals surface area contributed by atoms with E-state index in [0.717, 1.165) is 17.0 Å². The summed E-state index contributed by atoms with van der Waals surface area (Å²) < 4.78 is 0. The van der Waals surface area contributed by atoms with E-state index in [1.54, 1.807) is 30.9 Å². The molecular weight excluding hydrogens is 1100 g/mol. The van der Waals surface area contributed by atoms with E-state index >= 15 is 0 Å². The van der Waals surface area contributed by atoms with Crippen molar-refractivity contribution < 1.29 is 69.9 Å². The molecule has 14 heteroatoms. The number of ketones is 3. The van der Waals surface area contributed by atoms with Gasteiger partial charge in [-0.3, -0.25) is 19.4 Å². The summed E-state index contributed by atoms with van der Waals surface area (Å²) in [6.45, 7) is 35.7. The fourth-order valence-corrected chi connectivity index (χ4v) is 4.28.